The van der Waals surface area contributed by atoms with Gasteiger partial charge in [0.25, 0.3) is 0 Å². The molecule has 0 radical (unpaired) electrons. The molecule has 3 rings (SSSR count). The summed E-state index contributed by atoms with van der Waals surface area (Å²) >= 11 is 0. The third-order valence-corrected chi connectivity index (χ3v) is 5.68. The predicted molar refractivity (Wildman–Crippen MR) is 110 cm³/mol. The SMILES string of the molecule is CN(C)C(=O)CNC(=NCc1cccc(C(F)(F)F)c1)N1CCC(N2CCCC2)C1. The summed E-state index contributed by atoms with van der Waals surface area (Å²) in [7, 11) is 3.37. The number of carbonyl (C=O) groups excluding carboxylic acids is 1. The highest BCUT2D eigenvalue weighted by atomic mass is 19.4. The Labute approximate surface area is 175 Å². The van der Waals surface area contributed by atoms with Crippen LogP contribution < -0.4 is 5.32 Å². The Balaban J connectivity index is 1.71. The van der Waals surface area contributed by atoms with Crippen LogP contribution >= 0.6 is 0 Å². The number of carbonyl (C=O) groups is 1. The van der Waals surface area contributed by atoms with E-state index < -0.39 is 11.7 Å². The van der Waals surface area contributed by atoms with E-state index in [1.165, 1.54) is 23.8 Å². The lowest BCUT2D eigenvalue weighted by atomic mass is 10.1. The minimum atomic E-state index is -4.38. The van der Waals surface area contributed by atoms with Gasteiger partial charge in [-0.25, -0.2) is 4.99 Å². The molecule has 30 heavy (non-hydrogen) atoms. The molecule has 1 amide bonds. The van der Waals surface area contributed by atoms with Crippen molar-refractivity contribution in [3.05, 3.63) is 35.4 Å². The summed E-state index contributed by atoms with van der Waals surface area (Å²) in [5.74, 6) is 0.487. The number of hydrogen-bond donors (Lipinski definition) is 1. The number of rotatable bonds is 5. The topological polar surface area (TPSA) is 51.2 Å². The zero-order chi connectivity index (χ0) is 21.7. The fourth-order valence-corrected chi connectivity index (χ4v) is 3.93. The molecule has 166 valence electrons. The molecule has 9 heteroatoms. The van der Waals surface area contributed by atoms with Crippen molar-refractivity contribution in [1.29, 1.82) is 0 Å². The van der Waals surface area contributed by atoms with Crippen molar-refractivity contribution in [2.24, 2.45) is 4.99 Å². The summed E-state index contributed by atoms with van der Waals surface area (Å²) in [5, 5.41) is 3.11. The Kier molecular flexibility index (Phi) is 7.23. The van der Waals surface area contributed by atoms with Gasteiger partial charge in [0.1, 0.15) is 0 Å². The van der Waals surface area contributed by atoms with Gasteiger partial charge in [0.15, 0.2) is 5.96 Å². The zero-order valence-electron chi connectivity index (χ0n) is 17.6. The second-order valence-corrected chi connectivity index (χ2v) is 8.11. The highest BCUT2D eigenvalue weighted by Crippen LogP contribution is 2.29. The van der Waals surface area contributed by atoms with E-state index in [0.29, 0.717) is 17.6 Å². The van der Waals surface area contributed by atoms with Gasteiger partial charge in [0.2, 0.25) is 5.91 Å². The van der Waals surface area contributed by atoms with Gasteiger partial charge in [-0.05, 0) is 50.0 Å². The van der Waals surface area contributed by atoms with Gasteiger partial charge < -0.3 is 15.1 Å². The van der Waals surface area contributed by atoms with Crippen LogP contribution in [0.15, 0.2) is 29.3 Å². The van der Waals surface area contributed by atoms with E-state index in [1.807, 2.05) is 0 Å². The molecule has 2 aliphatic rings. The smallest absolute Gasteiger partial charge is 0.347 e. The number of halogens is 3. The molecule has 2 heterocycles. The molecule has 0 spiro atoms. The van der Waals surface area contributed by atoms with Crippen molar-refractivity contribution in [2.75, 3.05) is 46.8 Å². The summed E-state index contributed by atoms with van der Waals surface area (Å²) in [5.41, 5.74) is -0.193. The number of nitrogens with zero attached hydrogens (tertiary/aromatic N) is 4. The highest BCUT2D eigenvalue weighted by Gasteiger charge is 2.32. The predicted octanol–water partition coefficient (Wildman–Crippen LogP) is 2.41. The van der Waals surface area contributed by atoms with Gasteiger partial charge in [-0.2, -0.15) is 13.2 Å². The van der Waals surface area contributed by atoms with Gasteiger partial charge in [0, 0.05) is 33.2 Å². The molecule has 1 aromatic carbocycles. The first-order valence-corrected chi connectivity index (χ1v) is 10.4. The van der Waals surface area contributed by atoms with E-state index >= 15 is 0 Å². The third-order valence-electron chi connectivity index (χ3n) is 5.68. The number of guanidine groups is 1. The monoisotopic (exact) mass is 425 g/mol. The molecule has 0 saturated carbocycles. The number of alkyl halides is 3. The Morgan fingerprint density at radius 2 is 1.97 bits per heavy atom. The van der Waals surface area contributed by atoms with Crippen LogP contribution in [0.25, 0.3) is 0 Å². The van der Waals surface area contributed by atoms with Gasteiger partial charge >= 0.3 is 6.18 Å². The van der Waals surface area contributed by atoms with E-state index in [2.05, 4.69) is 20.1 Å². The fourth-order valence-electron chi connectivity index (χ4n) is 3.93. The van der Waals surface area contributed by atoms with Crippen LogP contribution in [0.5, 0.6) is 0 Å². The van der Waals surface area contributed by atoms with Crippen LogP contribution in [-0.2, 0) is 17.5 Å². The van der Waals surface area contributed by atoms with Crippen molar-refractivity contribution < 1.29 is 18.0 Å². The third kappa shape index (κ3) is 5.87. The maximum Gasteiger partial charge on any atom is 0.416 e. The minimum absolute atomic E-state index is 0.0861. The average molecular weight is 425 g/mol. The molecular formula is C21H30F3N5O. The Morgan fingerprint density at radius 1 is 1.23 bits per heavy atom. The van der Waals surface area contributed by atoms with E-state index in [0.717, 1.165) is 44.7 Å². The van der Waals surface area contributed by atoms with Crippen LogP contribution in [0.1, 0.15) is 30.4 Å². The summed E-state index contributed by atoms with van der Waals surface area (Å²) in [4.78, 5) is 22.7. The number of aliphatic imine (C=N–C) groups is 1. The van der Waals surface area contributed by atoms with Gasteiger partial charge in [-0.1, -0.05) is 12.1 Å². The first-order chi connectivity index (χ1) is 14.2. The van der Waals surface area contributed by atoms with Crippen molar-refractivity contribution in [3.63, 3.8) is 0 Å². The van der Waals surface area contributed by atoms with Crippen molar-refractivity contribution in [2.45, 2.75) is 38.0 Å². The second kappa shape index (κ2) is 9.68. The number of likely N-dealkylation sites (tertiary alicyclic amines) is 2. The number of nitrogens with one attached hydrogen (secondary N) is 1. The van der Waals surface area contributed by atoms with Crippen LogP contribution in [0.4, 0.5) is 13.2 Å². The molecule has 2 saturated heterocycles. The second-order valence-electron chi connectivity index (χ2n) is 8.11. The number of hydrogen-bond acceptors (Lipinski definition) is 3. The van der Waals surface area contributed by atoms with Crippen LogP contribution in [0.3, 0.4) is 0 Å². The summed E-state index contributed by atoms with van der Waals surface area (Å²) in [6.07, 6.45) is -0.909. The molecule has 2 fully saturated rings. The number of amides is 1. The lowest BCUT2D eigenvalue weighted by Gasteiger charge is -2.26. The molecule has 0 bridgehead atoms. The normalized spacial score (nSPS) is 20.6. The Bertz CT molecular complexity index is 759. The van der Waals surface area contributed by atoms with E-state index in [4.69, 9.17) is 0 Å². The fraction of sp³-hybridized carbons (Fsp3) is 0.619. The molecule has 0 aromatic heterocycles. The standard InChI is InChI=1S/C21H30F3N5O/c1-27(2)19(30)14-26-20(29-11-8-18(15-29)28-9-3-4-10-28)25-13-16-6-5-7-17(12-16)21(22,23)24/h5-7,12,18H,3-4,8-11,13-15H2,1-2H3,(H,25,26). The van der Waals surface area contributed by atoms with Crippen molar-refractivity contribution in [3.8, 4) is 0 Å². The Morgan fingerprint density at radius 3 is 2.63 bits per heavy atom. The summed E-state index contributed by atoms with van der Waals surface area (Å²) in [6, 6.07) is 5.68. The lowest BCUT2D eigenvalue weighted by Crippen LogP contribution is -2.45. The van der Waals surface area contributed by atoms with Gasteiger partial charge in [-0.15, -0.1) is 0 Å². The Hall–Kier alpha value is -2.29. The quantitative estimate of drug-likeness (QED) is 0.582. The largest absolute Gasteiger partial charge is 0.416 e. The van der Waals surface area contributed by atoms with Crippen molar-refractivity contribution in [1.82, 2.24) is 20.0 Å². The van der Waals surface area contributed by atoms with Crippen LogP contribution in [-0.4, -0.2) is 79.4 Å². The van der Waals surface area contributed by atoms with E-state index in [-0.39, 0.29) is 19.0 Å². The minimum Gasteiger partial charge on any atom is -0.347 e. The highest BCUT2D eigenvalue weighted by molar-refractivity contribution is 5.86. The summed E-state index contributed by atoms with van der Waals surface area (Å²) < 4.78 is 39.0. The van der Waals surface area contributed by atoms with Crippen molar-refractivity contribution >= 4 is 11.9 Å². The number of likely N-dealkylation sites (N-methyl/N-ethyl adjacent to an activating group) is 1. The average Bonchev–Trinajstić information content (AvgIpc) is 3.39. The molecule has 1 unspecified atom stereocenters. The molecule has 0 aliphatic carbocycles. The van der Waals surface area contributed by atoms with E-state index in [1.54, 1.807) is 20.2 Å². The van der Waals surface area contributed by atoms with Gasteiger partial charge in [-0.3, -0.25) is 9.69 Å². The first kappa shape index (κ1) is 22.4. The number of benzene rings is 1. The van der Waals surface area contributed by atoms with E-state index in [9.17, 15) is 18.0 Å². The molecule has 6 nitrogen and oxygen atoms in total. The molecular weight excluding hydrogens is 395 g/mol. The molecule has 1 atom stereocenters. The molecule has 1 aromatic rings. The first-order valence-electron chi connectivity index (χ1n) is 10.4. The lowest BCUT2D eigenvalue weighted by molar-refractivity contribution is -0.137. The summed E-state index contributed by atoms with van der Waals surface area (Å²) in [6.45, 7) is 4.06. The maximum atomic E-state index is 13.0. The maximum absolute atomic E-state index is 13.0. The van der Waals surface area contributed by atoms with Gasteiger partial charge in [0.05, 0.1) is 18.7 Å². The van der Waals surface area contributed by atoms with Crippen LogP contribution in [0.2, 0.25) is 0 Å². The molecule has 2 aliphatic heterocycles. The molecule has 1 N–H and O–H groups in total. The zero-order valence-corrected chi connectivity index (χ0v) is 17.6. The van der Waals surface area contributed by atoms with Crippen LogP contribution in [0, 0.1) is 0 Å².